The van der Waals surface area contributed by atoms with E-state index in [0.29, 0.717) is 13.1 Å². The molecule has 1 aromatic heterocycles. The van der Waals surface area contributed by atoms with E-state index >= 15 is 0 Å². The molecule has 0 spiro atoms. The van der Waals surface area contributed by atoms with Gasteiger partial charge in [-0.15, -0.1) is 11.3 Å². The van der Waals surface area contributed by atoms with Gasteiger partial charge in [0, 0.05) is 24.0 Å². The zero-order valence-corrected chi connectivity index (χ0v) is 19.7. The summed E-state index contributed by atoms with van der Waals surface area (Å²) in [5.74, 6) is 0.605. The van der Waals surface area contributed by atoms with Gasteiger partial charge < -0.3 is 5.32 Å². The van der Waals surface area contributed by atoms with Gasteiger partial charge in [-0.05, 0) is 67.1 Å². The maximum absolute atomic E-state index is 12.4. The summed E-state index contributed by atoms with van der Waals surface area (Å²) in [5, 5.41) is 5.12. The molecule has 6 nitrogen and oxygen atoms in total. The Bertz CT molecular complexity index is 962. The molecular formula is C23H31N3O3S2. The number of nitrogens with zero attached hydrogens (tertiary/aromatic N) is 1. The molecule has 8 heteroatoms. The van der Waals surface area contributed by atoms with Gasteiger partial charge in [-0.1, -0.05) is 32.0 Å². The molecule has 1 amide bonds. The maximum atomic E-state index is 12.4. The molecule has 2 heterocycles. The molecule has 1 aliphatic heterocycles. The lowest BCUT2D eigenvalue weighted by molar-refractivity contribution is -0.116. The minimum atomic E-state index is -3.47. The van der Waals surface area contributed by atoms with Crippen molar-refractivity contribution in [2.45, 2.75) is 37.6 Å². The molecule has 0 saturated carbocycles. The molecule has 31 heavy (non-hydrogen) atoms. The number of carbonyl (C=O) groups is 1. The minimum Gasteiger partial charge on any atom is -0.351 e. The molecule has 1 aliphatic rings. The fourth-order valence-corrected chi connectivity index (χ4v) is 5.59. The van der Waals surface area contributed by atoms with Crippen molar-refractivity contribution in [3.05, 3.63) is 58.3 Å². The maximum Gasteiger partial charge on any atom is 0.244 e. The zero-order chi connectivity index (χ0) is 22.3. The Hall–Kier alpha value is -2.00. The molecule has 1 fully saturated rings. The number of likely N-dealkylation sites (tertiary alicyclic amines) is 1. The highest BCUT2D eigenvalue weighted by molar-refractivity contribution is 7.89. The van der Waals surface area contributed by atoms with Gasteiger partial charge in [0.05, 0.1) is 10.9 Å². The fourth-order valence-electron chi connectivity index (χ4n) is 3.69. The summed E-state index contributed by atoms with van der Waals surface area (Å²) in [6, 6.07) is 10.9. The van der Waals surface area contributed by atoms with Gasteiger partial charge in [0.1, 0.15) is 0 Å². The Kier molecular flexibility index (Phi) is 8.43. The van der Waals surface area contributed by atoms with Gasteiger partial charge in [-0.2, -0.15) is 0 Å². The van der Waals surface area contributed by atoms with Crippen LogP contribution in [0.2, 0.25) is 0 Å². The highest BCUT2D eigenvalue weighted by Gasteiger charge is 2.25. The predicted octanol–water partition coefficient (Wildman–Crippen LogP) is 3.65. The highest BCUT2D eigenvalue weighted by Crippen LogP contribution is 2.29. The Morgan fingerprint density at radius 1 is 1.23 bits per heavy atom. The monoisotopic (exact) mass is 461 g/mol. The largest absolute Gasteiger partial charge is 0.351 e. The van der Waals surface area contributed by atoms with Crippen molar-refractivity contribution in [3.8, 4) is 0 Å². The van der Waals surface area contributed by atoms with Crippen molar-refractivity contribution in [3.63, 3.8) is 0 Å². The molecular weight excluding hydrogens is 430 g/mol. The van der Waals surface area contributed by atoms with Crippen molar-refractivity contribution in [1.29, 1.82) is 0 Å². The average Bonchev–Trinajstić information content (AvgIpc) is 3.28. The van der Waals surface area contributed by atoms with Crippen molar-refractivity contribution in [2.75, 3.05) is 26.2 Å². The van der Waals surface area contributed by atoms with Crippen molar-refractivity contribution >= 4 is 33.3 Å². The number of hydrogen-bond acceptors (Lipinski definition) is 5. The first kappa shape index (κ1) is 23.7. The number of nitrogens with one attached hydrogen (secondary N) is 2. The van der Waals surface area contributed by atoms with Crippen LogP contribution in [-0.4, -0.2) is 45.4 Å². The standard InChI is InChI=1S/C23H31N3O3S2/c1-3-25-31(28,29)20-9-6-19(7-10-20)8-11-23(27)24-17-21(22-5-4-16-30-22)26-14-12-18(2)13-15-26/h4-11,16,18,21,25H,3,12-15,17H2,1-2H3,(H,24,27)/b11-8+. The van der Waals surface area contributed by atoms with E-state index in [2.05, 4.69) is 39.4 Å². The van der Waals surface area contributed by atoms with Crippen LogP contribution in [0.4, 0.5) is 0 Å². The molecule has 2 N–H and O–H groups in total. The second kappa shape index (κ2) is 11.0. The normalized spacial score (nSPS) is 17.1. The van der Waals surface area contributed by atoms with Gasteiger partial charge in [0.15, 0.2) is 0 Å². The van der Waals surface area contributed by atoms with Crippen LogP contribution in [0, 0.1) is 5.92 Å². The summed E-state index contributed by atoms with van der Waals surface area (Å²) in [7, 11) is -3.47. The molecule has 0 bridgehead atoms. The third-order valence-electron chi connectivity index (χ3n) is 5.55. The lowest BCUT2D eigenvalue weighted by Gasteiger charge is -2.36. The van der Waals surface area contributed by atoms with Gasteiger partial charge in [-0.25, -0.2) is 13.1 Å². The van der Waals surface area contributed by atoms with E-state index in [1.165, 1.54) is 23.8 Å². The van der Waals surface area contributed by atoms with Crippen LogP contribution in [0.15, 0.2) is 52.7 Å². The summed E-state index contributed by atoms with van der Waals surface area (Å²) < 4.78 is 26.5. The molecule has 1 unspecified atom stereocenters. The lowest BCUT2D eigenvalue weighted by atomic mass is 9.97. The first-order valence-electron chi connectivity index (χ1n) is 10.7. The van der Waals surface area contributed by atoms with Gasteiger partial charge in [0.25, 0.3) is 0 Å². The lowest BCUT2D eigenvalue weighted by Crippen LogP contribution is -2.41. The molecule has 3 rings (SSSR count). The number of carbonyl (C=O) groups excluding carboxylic acids is 1. The molecule has 168 valence electrons. The number of piperidine rings is 1. The summed E-state index contributed by atoms with van der Waals surface area (Å²) in [6.45, 7) is 7.05. The van der Waals surface area contributed by atoms with E-state index < -0.39 is 10.0 Å². The van der Waals surface area contributed by atoms with E-state index in [0.717, 1.165) is 24.6 Å². The van der Waals surface area contributed by atoms with E-state index in [4.69, 9.17) is 0 Å². The SMILES string of the molecule is CCNS(=O)(=O)c1ccc(/C=C/C(=O)NCC(c2cccs2)N2CCC(C)CC2)cc1. The Balaban J connectivity index is 1.58. The highest BCUT2D eigenvalue weighted by atomic mass is 32.2. The van der Waals surface area contributed by atoms with Gasteiger partial charge in [0.2, 0.25) is 15.9 Å². The minimum absolute atomic E-state index is 0.156. The van der Waals surface area contributed by atoms with E-state index in [1.807, 2.05) is 0 Å². The molecule has 2 aromatic rings. The van der Waals surface area contributed by atoms with E-state index in [1.54, 1.807) is 48.6 Å². The van der Waals surface area contributed by atoms with Crippen LogP contribution in [0.5, 0.6) is 0 Å². The summed E-state index contributed by atoms with van der Waals surface area (Å²) in [5.41, 5.74) is 0.769. The molecule has 1 atom stereocenters. The van der Waals surface area contributed by atoms with E-state index in [-0.39, 0.29) is 16.8 Å². The first-order chi connectivity index (χ1) is 14.9. The number of sulfonamides is 1. The Morgan fingerprint density at radius 3 is 2.55 bits per heavy atom. The van der Waals surface area contributed by atoms with Crippen molar-refractivity contribution in [2.24, 2.45) is 5.92 Å². The molecule has 1 saturated heterocycles. The van der Waals surface area contributed by atoms with Crippen molar-refractivity contribution < 1.29 is 13.2 Å². The number of thiophene rings is 1. The third-order valence-corrected chi connectivity index (χ3v) is 8.09. The average molecular weight is 462 g/mol. The van der Waals surface area contributed by atoms with Crippen LogP contribution in [0.3, 0.4) is 0 Å². The van der Waals surface area contributed by atoms with Crippen LogP contribution in [0.1, 0.15) is 43.2 Å². The van der Waals surface area contributed by atoms with Crippen LogP contribution < -0.4 is 10.0 Å². The second-order valence-electron chi connectivity index (χ2n) is 7.90. The summed E-state index contributed by atoms with van der Waals surface area (Å²) in [6.07, 6.45) is 5.57. The second-order valence-corrected chi connectivity index (χ2v) is 10.6. The first-order valence-corrected chi connectivity index (χ1v) is 13.1. The Labute approximate surface area is 189 Å². The molecule has 0 aliphatic carbocycles. The molecule has 0 radical (unpaired) electrons. The quantitative estimate of drug-likeness (QED) is 0.559. The third kappa shape index (κ3) is 6.74. The number of amides is 1. The van der Waals surface area contributed by atoms with Crippen LogP contribution >= 0.6 is 11.3 Å². The van der Waals surface area contributed by atoms with E-state index in [9.17, 15) is 13.2 Å². The van der Waals surface area contributed by atoms with Crippen molar-refractivity contribution in [1.82, 2.24) is 14.9 Å². The van der Waals surface area contributed by atoms with Crippen LogP contribution in [0.25, 0.3) is 6.08 Å². The smallest absolute Gasteiger partial charge is 0.244 e. The summed E-state index contributed by atoms with van der Waals surface area (Å²) >= 11 is 1.73. The van der Waals surface area contributed by atoms with Gasteiger partial charge >= 0.3 is 0 Å². The number of rotatable bonds is 9. The summed E-state index contributed by atoms with van der Waals surface area (Å²) in [4.78, 5) is 16.4. The van der Waals surface area contributed by atoms with Gasteiger partial charge in [-0.3, -0.25) is 9.69 Å². The zero-order valence-electron chi connectivity index (χ0n) is 18.1. The topological polar surface area (TPSA) is 78.5 Å². The predicted molar refractivity (Wildman–Crippen MR) is 126 cm³/mol. The van der Waals surface area contributed by atoms with Crippen LogP contribution in [-0.2, 0) is 14.8 Å². The molecule has 1 aromatic carbocycles. The number of benzene rings is 1. The fraction of sp³-hybridized carbons (Fsp3) is 0.435. The number of hydrogen-bond donors (Lipinski definition) is 2. The Morgan fingerprint density at radius 2 is 1.94 bits per heavy atom.